The molecule has 8 heteroatoms. The molecular weight excluding hydrogens is 453 g/mol. The monoisotopic (exact) mass is 486 g/mol. The molecule has 2 aliphatic heterocycles. The van der Waals surface area contributed by atoms with Crippen LogP contribution in [0.2, 0.25) is 0 Å². The van der Waals surface area contributed by atoms with Crippen LogP contribution in [0, 0.1) is 5.92 Å². The maximum Gasteiger partial charge on any atom is 0.419 e. The number of rotatable bonds is 5. The lowest BCUT2D eigenvalue weighted by molar-refractivity contribution is -0.137. The number of carbonyl (C=O) groups is 1. The predicted octanol–water partition coefficient (Wildman–Crippen LogP) is 5.17. The second-order valence-electron chi connectivity index (χ2n) is 10.0. The standard InChI is InChI=1S/C27H33F3N4O/c28-27(29,30)21-10-6-14-31-26(21)34-17-15-33(16-18-34)24(25(35)20-8-2-1-3-9-20)23-13-12-19-7-4-5-11-22(19)32-23/h4-7,10-11,14,20,23-24,32H,1-3,8-9,12-13,15-18H2. The first-order valence-electron chi connectivity index (χ1n) is 12.8. The zero-order valence-electron chi connectivity index (χ0n) is 19.9. The van der Waals surface area contributed by atoms with Crippen molar-refractivity contribution in [2.45, 2.75) is 63.2 Å². The number of Topliss-reactive ketones (excluding diaryl/α,β-unsaturated/α-hetero) is 1. The minimum absolute atomic E-state index is 0.00598. The third-order valence-corrected chi connectivity index (χ3v) is 7.86. The van der Waals surface area contributed by atoms with E-state index in [1.54, 1.807) is 4.90 Å². The first kappa shape index (κ1) is 24.1. The summed E-state index contributed by atoms with van der Waals surface area (Å²) in [6.45, 7) is 1.91. The summed E-state index contributed by atoms with van der Waals surface area (Å²) in [5.74, 6) is 0.377. The molecule has 0 amide bonds. The number of ketones is 1. The quantitative estimate of drug-likeness (QED) is 0.632. The first-order valence-corrected chi connectivity index (χ1v) is 12.8. The van der Waals surface area contributed by atoms with Crippen LogP contribution in [0.3, 0.4) is 0 Å². The number of alkyl halides is 3. The molecule has 5 nitrogen and oxygen atoms in total. The Bertz CT molecular complexity index is 1030. The molecule has 1 saturated heterocycles. The summed E-state index contributed by atoms with van der Waals surface area (Å²) in [7, 11) is 0. The number of hydrogen-bond donors (Lipinski definition) is 1. The van der Waals surface area contributed by atoms with Gasteiger partial charge in [-0.05, 0) is 49.4 Å². The molecule has 2 unspecified atom stereocenters. The molecule has 1 saturated carbocycles. The number of halogens is 3. The van der Waals surface area contributed by atoms with Crippen molar-refractivity contribution in [3.05, 3.63) is 53.7 Å². The largest absolute Gasteiger partial charge is 0.419 e. The normalized spacial score (nSPS) is 22.8. The molecule has 0 radical (unpaired) electrons. The highest BCUT2D eigenvalue weighted by atomic mass is 19.4. The predicted molar refractivity (Wildman–Crippen MR) is 131 cm³/mol. The lowest BCUT2D eigenvalue weighted by Crippen LogP contribution is -2.60. The maximum atomic E-state index is 13.9. The summed E-state index contributed by atoms with van der Waals surface area (Å²) in [6.07, 6.45) is 4.03. The van der Waals surface area contributed by atoms with Gasteiger partial charge in [0.25, 0.3) is 0 Å². The number of nitrogens with one attached hydrogen (secondary N) is 1. The van der Waals surface area contributed by atoms with Gasteiger partial charge in [0, 0.05) is 50.0 Å². The van der Waals surface area contributed by atoms with Crippen molar-refractivity contribution < 1.29 is 18.0 Å². The topological polar surface area (TPSA) is 48.5 Å². The van der Waals surface area contributed by atoms with E-state index in [1.807, 2.05) is 12.1 Å². The van der Waals surface area contributed by atoms with Crippen molar-refractivity contribution in [3.63, 3.8) is 0 Å². The van der Waals surface area contributed by atoms with E-state index in [0.29, 0.717) is 32.0 Å². The van der Waals surface area contributed by atoms with Crippen LogP contribution in [-0.2, 0) is 17.4 Å². The first-order chi connectivity index (χ1) is 16.9. The summed E-state index contributed by atoms with van der Waals surface area (Å²) in [5.41, 5.74) is 1.66. The molecule has 3 aliphatic rings. The average molecular weight is 487 g/mol. The average Bonchev–Trinajstić information content (AvgIpc) is 2.89. The highest BCUT2D eigenvalue weighted by Gasteiger charge is 2.41. The summed E-state index contributed by atoms with van der Waals surface area (Å²) in [5, 5.41) is 3.65. The van der Waals surface area contributed by atoms with Crippen molar-refractivity contribution >= 4 is 17.3 Å². The summed E-state index contributed by atoms with van der Waals surface area (Å²) < 4.78 is 40.7. The van der Waals surface area contributed by atoms with Crippen LogP contribution in [0.15, 0.2) is 42.6 Å². The molecule has 1 aromatic carbocycles. The Morgan fingerprint density at radius 2 is 1.71 bits per heavy atom. The Hall–Kier alpha value is -2.61. The van der Waals surface area contributed by atoms with Crippen LogP contribution in [0.25, 0.3) is 0 Å². The number of fused-ring (bicyclic) bond motifs is 1. The van der Waals surface area contributed by atoms with Crippen LogP contribution >= 0.6 is 0 Å². The van der Waals surface area contributed by atoms with E-state index in [2.05, 4.69) is 27.3 Å². The van der Waals surface area contributed by atoms with Gasteiger partial charge in [-0.2, -0.15) is 13.2 Å². The number of pyridine rings is 1. The fourth-order valence-electron chi connectivity index (χ4n) is 6.04. The molecule has 2 aromatic rings. The number of nitrogens with zero attached hydrogens (tertiary/aromatic N) is 3. The molecule has 0 bridgehead atoms. The van der Waals surface area contributed by atoms with Crippen LogP contribution in [0.4, 0.5) is 24.7 Å². The Labute approximate surface area is 204 Å². The molecule has 2 atom stereocenters. The maximum absolute atomic E-state index is 13.9. The van der Waals surface area contributed by atoms with Crippen molar-refractivity contribution in [3.8, 4) is 0 Å². The highest BCUT2D eigenvalue weighted by molar-refractivity contribution is 5.88. The number of para-hydroxylation sites is 1. The number of aromatic nitrogens is 1. The number of benzene rings is 1. The van der Waals surface area contributed by atoms with Crippen molar-refractivity contribution in [1.82, 2.24) is 9.88 Å². The van der Waals surface area contributed by atoms with Crippen molar-refractivity contribution in [2.75, 3.05) is 36.4 Å². The van der Waals surface area contributed by atoms with E-state index in [1.165, 1.54) is 24.2 Å². The van der Waals surface area contributed by atoms with Crippen LogP contribution < -0.4 is 10.2 Å². The van der Waals surface area contributed by atoms with Gasteiger partial charge >= 0.3 is 6.18 Å². The number of carbonyl (C=O) groups excluding carboxylic acids is 1. The van der Waals surface area contributed by atoms with Crippen molar-refractivity contribution in [2.24, 2.45) is 5.92 Å². The molecule has 1 aromatic heterocycles. The zero-order valence-corrected chi connectivity index (χ0v) is 19.9. The molecule has 1 aliphatic carbocycles. The SMILES string of the molecule is O=C(C1CCCCC1)C(C1CCc2ccccc2N1)N1CCN(c2ncccc2C(F)(F)F)CC1. The minimum Gasteiger partial charge on any atom is -0.380 e. The van der Waals surface area contributed by atoms with E-state index in [9.17, 15) is 18.0 Å². The molecule has 5 rings (SSSR count). The number of aryl methyl sites for hydroxylation is 1. The fraction of sp³-hybridized carbons (Fsp3) is 0.556. The molecule has 1 N–H and O–H groups in total. The van der Waals surface area contributed by atoms with Gasteiger partial charge in [-0.1, -0.05) is 37.5 Å². The smallest absolute Gasteiger partial charge is 0.380 e. The number of hydrogen-bond acceptors (Lipinski definition) is 5. The highest BCUT2D eigenvalue weighted by Crippen LogP contribution is 2.36. The van der Waals surface area contributed by atoms with E-state index >= 15 is 0 Å². The summed E-state index contributed by atoms with van der Waals surface area (Å²) in [4.78, 5) is 21.9. The van der Waals surface area contributed by atoms with Crippen LogP contribution in [0.1, 0.15) is 49.7 Å². The van der Waals surface area contributed by atoms with Gasteiger partial charge in [-0.25, -0.2) is 4.98 Å². The van der Waals surface area contributed by atoms with Gasteiger partial charge < -0.3 is 10.2 Å². The molecule has 0 spiro atoms. The number of piperazine rings is 1. The van der Waals surface area contributed by atoms with Gasteiger partial charge in [-0.15, -0.1) is 0 Å². The minimum atomic E-state index is -4.44. The Kier molecular flexibility index (Phi) is 7.00. The Balaban J connectivity index is 1.35. The van der Waals surface area contributed by atoms with Gasteiger partial charge in [-0.3, -0.25) is 9.69 Å². The van der Waals surface area contributed by atoms with Crippen molar-refractivity contribution in [1.29, 1.82) is 0 Å². The Morgan fingerprint density at radius 1 is 0.971 bits per heavy atom. The van der Waals surface area contributed by atoms with Gasteiger partial charge in [0.2, 0.25) is 0 Å². The van der Waals surface area contributed by atoms with E-state index in [-0.39, 0.29) is 23.8 Å². The Morgan fingerprint density at radius 3 is 2.46 bits per heavy atom. The molecule has 35 heavy (non-hydrogen) atoms. The molecule has 3 heterocycles. The lowest BCUT2D eigenvalue weighted by Gasteiger charge is -2.45. The second-order valence-corrected chi connectivity index (χ2v) is 10.0. The molecule has 2 fully saturated rings. The summed E-state index contributed by atoms with van der Waals surface area (Å²) >= 11 is 0. The van der Waals surface area contributed by atoms with Gasteiger partial charge in [0.15, 0.2) is 5.78 Å². The molecular formula is C27H33F3N4O. The number of anilines is 2. The summed E-state index contributed by atoms with van der Waals surface area (Å²) in [6, 6.07) is 10.4. The second kappa shape index (κ2) is 10.2. The lowest BCUT2D eigenvalue weighted by atomic mass is 9.80. The third kappa shape index (κ3) is 5.17. The van der Waals surface area contributed by atoms with E-state index in [0.717, 1.165) is 50.3 Å². The van der Waals surface area contributed by atoms with Crippen LogP contribution in [0.5, 0.6) is 0 Å². The third-order valence-electron chi connectivity index (χ3n) is 7.86. The van der Waals surface area contributed by atoms with Gasteiger partial charge in [0.05, 0.1) is 11.6 Å². The molecule has 188 valence electrons. The zero-order chi connectivity index (χ0) is 24.4. The van der Waals surface area contributed by atoms with E-state index < -0.39 is 11.7 Å². The van der Waals surface area contributed by atoms with Crippen LogP contribution in [-0.4, -0.2) is 53.9 Å². The fourth-order valence-corrected chi connectivity index (χ4v) is 6.04. The van der Waals surface area contributed by atoms with E-state index in [4.69, 9.17) is 0 Å². The van der Waals surface area contributed by atoms with Gasteiger partial charge in [0.1, 0.15) is 5.82 Å².